The molecule has 4 aromatic rings. The first-order valence-electron chi connectivity index (χ1n) is 10.4. The predicted molar refractivity (Wildman–Crippen MR) is 129 cm³/mol. The van der Waals surface area contributed by atoms with E-state index < -0.39 is 0 Å². The van der Waals surface area contributed by atoms with E-state index in [2.05, 4.69) is 29.2 Å². The second-order valence-electron chi connectivity index (χ2n) is 7.64. The molecule has 1 heterocycles. The average molecular weight is 414 g/mol. The van der Waals surface area contributed by atoms with Crippen molar-refractivity contribution in [1.82, 2.24) is 4.98 Å². The zero-order chi connectivity index (χ0) is 21.5. The fourth-order valence-electron chi connectivity index (χ4n) is 4.15. The first kappa shape index (κ1) is 18.3. The minimum absolute atomic E-state index is 0.0654. The largest absolute Gasteiger partial charge is 0.453 e. The first-order valence-corrected chi connectivity index (χ1v) is 10.4. The summed E-state index contributed by atoms with van der Waals surface area (Å²) >= 11 is 0. The van der Waals surface area contributed by atoms with Crippen molar-refractivity contribution >= 4 is 38.9 Å². The molecule has 1 aliphatic carbocycles. The van der Waals surface area contributed by atoms with Gasteiger partial charge in [-0.3, -0.25) is 4.79 Å². The maximum atomic E-state index is 12.6. The summed E-state index contributed by atoms with van der Waals surface area (Å²) in [5, 5.41) is 1.46. The Labute approximate surface area is 184 Å². The maximum Gasteiger partial charge on any atom is 0.190 e. The quantitative estimate of drug-likeness (QED) is 0.233. The molecular weight excluding hydrogens is 396 g/mol. The molecule has 0 unspecified atom stereocenters. The number of fused-ring (bicyclic) bond motifs is 4. The summed E-state index contributed by atoms with van der Waals surface area (Å²) in [5.41, 5.74) is 5.03. The third-order valence-corrected chi connectivity index (χ3v) is 5.63. The van der Waals surface area contributed by atoms with Crippen LogP contribution in [0.25, 0.3) is 33.3 Å². The van der Waals surface area contributed by atoms with Crippen molar-refractivity contribution in [2.45, 2.75) is 0 Å². The highest BCUT2D eigenvalue weighted by molar-refractivity contribution is 5.97. The number of para-hydroxylation sites is 2. The van der Waals surface area contributed by atoms with Crippen LogP contribution in [0.2, 0.25) is 0 Å². The summed E-state index contributed by atoms with van der Waals surface area (Å²) in [6.45, 7) is 0. The summed E-state index contributed by atoms with van der Waals surface area (Å²) in [4.78, 5) is 19.6. The minimum atomic E-state index is -0.0654. The molecule has 0 spiro atoms. The van der Waals surface area contributed by atoms with E-state index >= 15 is 0 Å². The number of anilines is 3. The molecular formula is C28H18N2O2. The second kappa shape index (κ2) is 7.36. The Morgan fingerprint density at radius 1 is 0.625 bits per heavy atom. The molecule has 0 saturated heterocycles. The third kappa shape index (κ3) is 3.01. The molecule has 0 fully saturated rings. The van der Waals surface area contributed by atoms with E-state index in [1.807, 2.05) is 78.9 Å². The van der Waals surface area contributed by atoms with Gasteiger partial charge in [0.1, 0.15) is 11.2 Å². The van der Waals surface area contributed by atoms with Crippen LogP contribution in [0.5, 0.6) is 0 Å². The lowest BCUT2D eigenvalue weighted by Crippen LogP contribution is -2.09. The van der Waals surface area contributed by atoms with E-state index in [9.17, 15) is 4.79 Å². The maximum absolute atomic E-state index is 12.6. The summed E-state index contributed by atoms with van der Waals surface area (Å²) in [7, 11) is 0. The van der Waals surface area contributed by atoms with Gasteiger partial charge in [0, 0.05) is 40.0 Å². The molecule has 2 aliphatic rings. The van der Waals surface area contributed by atoms with Crippen LogP contribution in [0, 0.1) is 0 Å². The topological polar surface area (TPSA) is 46.3 Å². The molecule has 0 atom stereocenters. The van der Waals surface area contributed by atoms with Gasteiger partial charge in [0.25, 0.3) is 0 Å². The highest BCUT2D eigenvalue weighted by Gasteiger charge is 2.17. The summed E-state index contributed by atoms with van der Waals surface area (Å²) in [6, 6.07) is 35.4. The second-order valence-corrected chi connectivity index (χ2v) is 7.64. The fraction of sp³-hybridized carbons (Fsp3) is 0. The van der Waals surface area contributed by atoms with Gasteiger partial charge in [-0.1, -0.05) is 60.7 Å². The van der Waals surface area contributed by atoms with Crippen LogP contribution in [0.3, 0.4) is 0 Å². The van der Waals surface area contributed by atoms with E-state index in [1.165, 1.54) is 6.07 Å². The van der Waals surface area contributed by atoms with Gasteiger partial charge in [0.05, 0.1) is 0 Å². The molecule has 152 valence electrons. The monoisotopic (exact) mass is 414 g/mol. The molecule has 4 aromatic carbocycles. The Morgan fingerprint density at radius 3 is 1.94 bits per heavy atom. The van der Waals surface area contributed by atoms with Gasteiger partial charge in [0.2, 0.25) is 0 Å². The van der Waals surface area contributed by atoms with Gasteiger partial charge in [-0.05, 0) is 36.4 Å². The van der Waals surface area contributed by atoms with Crippen LogP contribution in [0.1, 0.15) is 0 Å². The third-order valence-electron chi connectivity index (χ3n) is 5.63. The number of aromatic nitrogens is 1. The summed E-state index contributed by atoms with van der Waals surface area (Å²) in [5.74, 6) is 0.490. The highest BCUT2D eigenvalue weighted by Crippen LogP contribution is 2.37. The van der Waals surface area contributed by atoms with Crippen molar-refractivity contribution in [3.63, 3.8) is 0 Å². The number of hydrogen-bond acceptors (Lipinski definition) is 4. The number of benzene rings is 5. The van der Waals surface area contributed by atoms with Gasteiger partial charge in [-0.15, -0.1) is 0 Å². The van der Waals surface area contributed by atoms with Crippen molar-refractivity contribution in [3.05, 3.63) is 119 Å². The zero-order valence-electron chi connectivity index (χ0n) is 17.1. The molecule has 32 heavy (non-hydrogen) atoms. The predicted octanol–water partition coefficient (Wildman–Crippen LogP) is 6.92. The van der Waals surface area contributed by atoms with Crippen molar-refractivity contribution in [1.29, 1.82) is 0 Å². The van der Waals surface area contributed by atoms with Crippen LogP contribution in [0.15, 0.2) is 118 Å². The van der Waals surface area contributed by atoms with E-state index in [4.69, 9.17) is 9.40 Å². The number of rotatable bonds is 3. The average Bonchev–Trinajstić information content (AvgIpc) is 2.85. The van der Waals surface area contributed by atoms with Gasteiger partial charge in [0.15, 0.2) is 16.8 Å². The lowest BCUT2D eigenvalue weighted by molar-refractivity contribution is 0.614. The van der Waals surface area contributed by atoms with Crippen molar-refractivity contribution in [3.8, 4) is 11.5 Å². The SMILES string of the molecule is O=c1cc2oc3cc(N(c4ccccc4)c4ccccc4)ccc3nc-2c2ccccc12. The normalized spacial score (nSPS) is 11.2. The lowest BCUT2D eigenvalue weighted by Gasteiger charge is -2.25. The van der Waals surface area contributed by atoms with E-state index in [0.717, 1.165) is 28.0 Å². The van der Waals surface area contributed by atoms with Gasteiger partial charge < -0.3 is 9.32 Å². The van der Waals surface area contributed by atoms with E-state index in [1.54, 1.807) is 0 Å². The van der Waals surface area contributed by atoms with Crippen LogP contribution in [0.4, 0.5) is 17.1 Å². The Kier molecular flexibility index (Phi) is 4.22. The molecule has 1 aliphatic heterocycles. The minimum Gasteiger partial charge on any atom is -0.453 e. The van der Waals surface area contributed by atoms with Gasteiger partial charge >= 0.3 is 0 Å². The van der Waals surface area contributed by atoms with Crippen LogP contribution < -0.4 is 10.3 Å². The van der Waals surface area contributed by atoms with Gasteiger partial charge in [-0.2, -0.15) is 0 Å². The van der Waals surface area contributed by atoms with Crippen molar-refractivity contribution in [2.24, 2.45) is 0 Å². The summed E-state index contributed by atoms with van der Waals surface area (Å²) < 4.78 is 6.21. The Balaban J connectivity index is 1.58. The zero-order valence-corrected chi connectivity index (χ0v) is 17.1. The number of hydrogen-bond donors (Lipinski definition) is 0. The van der Waals surface area contributed by atoms with E-state index in [-0.39, 0.29) is 5.43 Å². The number of nitrogens with zero attached hydrogens (tertiary/aromatic N) is 2. The molecule has 0 N–H and O–H groups in total. The molecule has 0 radical (unpaired) electrons. The molecule has 6 rings (SSSR count). The highest BCUT2D eigenvalue weighted by atomic mass is 16.3. The molecule has 4 nitrogen and oxygen atoms in total. The molecule has 0 amide bonds. The van der Waals surface area contributed by atoms with Crippen molar-refractivity contribution < 1.29 is 4.42 Å². The Bertz CT molecular complexity index is 1550. The smallest absolute Gasteiger partial charge is 0.190 e. The first-order chi connectivity index (χ1) is 15.8. The van der Waals surface area contributed by atoms with Gasteiger partial charge in [-0.25, -0.2) is 4.98 Å². The van der Waals surface area contributed by atoms with Crippen molar-refractivity contribution in [2.75, 3.05) is 4.90 Å². The van der Waals surface area contributed by atoms with E-state index in [0.29, 0.717) is 22.4 Å². The molecule has 0 aromatic heterocycles. The summed E-state index contributed by atoms with van der Waals surface area (Å²) in [6.07, 6.45) is 0. The lowest BCUT2D eigenvalue weighted by atomic mass is 10.0. The standard InChI is InChI=1S/C28H18N2O2/c31-25-18-27-28(23-14-8-7-13-22(23)25)29-24-16-15-21(17-26(24)32-27)30(19-9-3-1-4-10-19)20-11-5-2-6-12-20/h1-18H. The van der Waals surface area contributed by atoms with Crippen LogP contribution in [-0.2, 0) is 0 Å². The Morgan fingerprint density at radius 2 is 1.25 bits per heavy atom. The Hall–Kier alpha value is -4.44. The van der Waals surface area contributed by atoms with Crippen LogP contribution in [-0.4, -0.2) is 4.98 Å². The molecule has 0 bridgehead atoms. The molecule has 4 heteroatoms. The fourth-order valence-corrected chi connectivity index (χ4v) is 4.15. The van der Waals surface area contributed by atoms with Crippen LogP contribution >= 0.6 is 0 Å². The molecule has 0 saturated carbocycles.